The molecule has 0 unspecified atom stereocenters. The number of anilines is 1. The Morgan fingerprint density at radius 1 is 1.42 bits per heavy atom. The Morgan fingerprint density at radius 2 is 2.11 bits per heavy atom. The van der Waals surface area contributed by atoms with E-state index >= 15 is 0 Å². The van der Waals surface area contributed by atoms with E-state index in [0.29, 0.717) is 16.6 Å². The zero-order valence-electron chi connectivity index (χ0n) is 11.3. The molecule has 6 heteroatoms. The van der Waals surface area contributed by atoms with E-state index in [-0.39, 0.29) is 0 Å². The first-order chi connectivity index (χ1) is 8.76. The molecule has 0 aliphatic rings. The van der Waals surface area contributed by atoms with Crippen LogP contribution in [0.2, 0.25) is 5.15 Å². The molecular weight excluding hydrogens is 266 g/mol. The van der Waals surface area contributed by atoms with E-state index in [1.54, 1.807) is 25.2 Å². The molecule has 1 N–H and O–H groups in total. The summed E-state index contributed by atoms with van der Waals surface area (Å²) >= 11 is 6.17. The largest absolute Gasteiger partial charge is 0.444 e. The van der Waals surface area contributed by atoms with Crippen LogP contribution in [0, 0.1) is 6.92 Å². The molecule has 0 saturated heterocycles. The van der Waals surface area contributed by atoms with Gasteiger partial charge in [0, 0.05) is 6.20 Å². The third-order valence-electron chi connectivity index (χ3n) is 2.33. The Bertz CT molecular complexity index is 629. The number of nitrogens with one attached hydrogen (secondary N) is 1. The Morgan fingerprint density at radius 3 is 2.74 bits per heavy atom. The summed E-state index contributed by atoms with van der Waals surface area (Å²) in [4.78, 5) is 15.9. The van der Waals surface area contributed by atoms with Crippen LogP contribution >= 0.6 is 11.6 Å². The van der Waals surface area contributed by atoms with E-state index in [4.69, 9.17) is 16.3 Å². The number of hydrogen-bond acceptors (Lipinski definition) is 3. The van der Waals surface area contributed by atoms with Crippen LogP contribution in [-0.2, 0) is 4.74 Å². The third-order valence-corrected chi connectivity index (χ3v) is 2.69. The van der Waals surface area contributed by atoms with Crippen LogP contribution in [0.25, 0.3) is 5.65 Å². The molecule has 0 aliphatic heterocycles. The molecule has 2 heterocycles. The zero-order valence-corrected chi connectivity index (χ0v) is 12.1. The highest BCUT2D eigenvalue weighted by Gasteiger charge is 2.19. The molecular formula is C13H16ClN3O2. The lowest BCUT2D eigenvalue weighted by molar-refractivity contribution is 0.0635. The molecule has 0 bridgehead atoms. The number of carbonyl (C=O) groups is 1. The van der Waals surface area contributed by atoms with E-state index in [1.165, 1.54) is 0 Å². The summed E-state index contributed by atoms with van der Waals surface area (Å²) in [6.07, 6.45) is 1.28. The van der Waals surface area contributed by atoms with E-state index in [9.17, 15) is 4.79 Å². The lowest BCUT2D eigenvalue weighted by Gasteiger charge is -2.19. The van der Waals surface area contributed by atoms with Gasteiger partial charge < -0.3 is 4.74 Å². The molecule has 0 aromatic carbocycles. The molecule has 0 atom stereocenters. The standard InChI is InChI=1S/C13H16ClN3O2/c1-8-5-6-9-15-11(10(14)17(9)7-8)16-12(18)19-13(2,3)4/h5-7H,1-4H3,(H,16,18). The second kappa shape index (κ2) is 4.74. The minimum Gasteiger partial charge on any atom is -0.444 e. The van der Waals surface area contributed by atoms with Gasteiger partial charge in [0.05, 0.1) is 0 Å². The quantitative estimate of drug-likeness (QED) is 0.868. The number of rotatable bonds is 1. The van der Waals surface area contributed by atoms with Crippen molar-refractivity contribution in [3.8, 4) is 0 Å². The van der Waals surface area contributed by atoms with Gasteiger partial charge in [0.2, 0.25) is 0 Å². The van der Waals surface area contributed by atoms with Crippen molar-refractivity contribution < 1.29 is 9.53 Å². The molecule has 102 valence electrons. The van der Waals surface area contributed by atoms with Gasteiger partial charge in [-0.15, -0.1) is 0 Å². The summed E-state index contributed by atoms with van der Waals surface area (Å²) in [7, 11) is 0. The first-order valence-corrected chi connectivity index (χ1v) is 6.28. The van der Waals surface area contributed by atoms with Crippen LogP contribution in [0.15, 0.2) is 18.3 Å². The summed E-state index contributed by atoms with van der Waals surface area (Å²) in [5.74, 6) is 0.293. The van der Waals surface area contributed by atoms with Gasteiger partial charge in [0.15, 0.2) is 11.0 Å². The molecule has 2 aromatic heterocycles. The molecule has 0 saturated carbocycles. The third kappa shape index (κ3) is 3.17. The molecule has 0 aliphatic carbocycles. The number of halogens is 1. The minimum absolute atomic E-state index is 0.293. The highest BCUT2D eigenvalue weighted by molar-refractivity contribution is 6.32. The summed E-state index contributed by atoms with van der Waals surface area (Å²) < 4.78 is 6.87. The van der Waals surface area contributed by atoms with E-state index in [2.05, 4.69) is 10.3 Å². The van der Waals surface area contributed by atoms with Crippen LogP contribution in [0.1, 0.15) is 26.3 Å². The number of aryl methyl sites for hydroxylation is 1. The van der Waals surface area contributed by atoms with E-state index in [1.807, 2.05) is 25.3 Å². The van der Waals surface area contributed by atoms with Gasteiger partial charge in [0.1, 0.15) is 11.2 Å². The maximum absolute atomic E-state index is 11.7. The topological polar surface area (TPSA) is 55.6 Å². The number of imidazole rings is 1. The predicted octanol–water partition coefficient (Wildman–Crippen LogP) is 3.64. The van der Waals surface area contributed by atoms with Gasteiger partial charge in [0.25, 0.3) is 0 Å². The molecule has 5 nitrogen and oxygen atoms in total. The lowest BCUT2D eigenvalue weighted by Crippen LogP contribution is -2.27. The molecule has 19 heavy (non-hydrogen) atoms. The molecule has 1 amide bonds. The van der Waals surface area contributed by atoms with Crippen molar-refractivity contribution in [1.29, 1.82) is 0 Å². The number of carbonyl (C=O) groups excluding carboxylic acids is 1. The summed E-state index contributed by atoms with van der Waals surface area (Å²) in [5.41, 5.74) is 1.16. The van der Waals surface area contributed by atoms with Crippen LogP contribution in [-0.4, -0.2) is 21.1 Å². The van der Waals surface area contributed by atoms with Gasteiger partial charge in [-0.05, 0) is 39.3 Å². The Labute approximate surface area is 116 Å². The van der Waals surface area contributed by atoms with Gasteiger partial charge >= 0.3 is 6.09 Å². The fourth-order valence-electron chi connectivity index (χ4n) is 1.60. The van der Waals surface area contributed by atoms with Gasteiger partial charge in [-0.2, -0.15) is 0 Å². The lowest BCUT2D eigenvalue weighted by atomic mass is 10.2. The minimum atomic E-state index is -0.575. The summed E-state index contributed by atoms with van der Waals surface area (Å²) in [6, 6.07) is 3.76. The maximum Gasteiger partial charge on any atom is 0.413 e. The van der Waals surface area contributed by atoms with Crippen molar-refractivity contribution in [3.63, 3.8) is 0 Å². The molecule has 0 fully saturated rings. The first-order valence-electron chi connectivity index (χ1n) is 5.90. The van der Waals surface area contributed by atoms with Crippen molar-refractivity contribution in [3.05, 3.63) is 29.0 Å². The number of aromatic nitrogens is 2. The van der Waals surface area contributed by atoms with Crippen LogP contribution < -0.4 is 5.32 Å². The highest BCUT2D eigenvalue weighted by atomic mass is 35.5. The van der Waals surface area contributed by atoms with Gasteiger partial charge in [-0.3, -0.25) is 9.72 Å². The number of hydrogen-bond donors (Lipinski definition) is 1. The van der Waals surface area contributed by atoms with Crippen molar-refractivity contribution >= 4 is 29.2 Å². The average Bonchev–Trinajstić information content (AvgIpc) is 2.54. The average molecular weight is 282 g/mol. The summed E-state index contributed by atoms with van der Waals surface area (Å²) in [5, 5.41) is 2.90. The fraction of sp³-hybridized carbons (Fsp3) is 0.385. The number of fused-ring (bicyclic) bond motifs is 1. The van der Waals surface area contributed by atoms with Crippen molar-refractivity contribution in [2.24, 2.45) is 0 Å². The molecule has 2 aromatic rings. The van der Waals surface area contributed by atoms with Crippen LogP contribution in [0.4, 0.5) is 10.6 Å². The first kappa shape index (κ1) is 13.7. The number of pyridine rings is 1. The van der Waals surface area contributed by atoms with Crippen LogP contribution in [0.3, 0.4) is 0 Å². The molecule has 0 radical (unpaired) electrons. The van der Waals surface area contributed by atoms with E-state index in [0.717, 1.165) is 5.56 Å². The van der Waals surface area contributed by atoms with Crippen molar-refractivity contribution in [2.75, 3.05) is 5.32 Å². The van der Waals surface area contributed by atoms with Gasteiger partial charge in [-0.1, -0.05) is 17.7 Å². The fourth-order valence-corrected chi connectivity index (χ4v) is 1.83. The van der Waals surface area contributed by atoms with E-state index < -0.39 is 11.7 Å². The second-order valence-corrected chi connectivity index (χ2v) is 5.67. The van der Waals surface area contributed by atoms with Crippen molar-refractivity contribution in [1.82, 2.24) is 9.38 Å². The predicted molar refractivity (Wildman–Crippen MR) is 74.8 cm³/mol. The smallest absolute Gasteiger partial charge is 0.413 e. The monoisotopic (exact) mass is 281 g/mol. The zero-order chi connectivity index (χ0) is 14.2. The van der Waals surface area contributed by atoms with Gasteiger partial charge in [-0.25, -0.2) is 9.78 Å². The Balaban J connectivity index is 2.26. The molecule has 0 spiro atoms. The number of amides is 1. The second-order valence-electron chi connectivity index (χ2n) is 5.31. The summed E-state index contributed by atoms with van der Waals surface area (Å²) in [6.45, 7) is 7.33. The maximum atomic E-state index is 11.7. The Kier molecular flexibility index (Phi) is 3.41. The van der Waals surface area contributed by atoms with Crippen molar-refractivity contribution in [2.45, 2.75) is 33.3 Å². The highest BCUT2D eigenvalue weighted by Crippen LogP contribution is 2.24. The molecule has 2 rings (SSSR count). The Hall–Kier alpha value is -1.75. The SMILES string of the molecule is Cc1ccc2nc(NC(=O)OC(C)(C)C)c(Cl)n2c1. The number of ether oxygens (including phenoxy) is 1. The van der Waals surface area contributed by atoms with Crippen LogP contribution in [0.5, 0.6) is 0 Å². The number of nitrogens with zero attached hydrogens (tertiary/aromatic N) is 2. The normalized spacial score (nSPS) is 11.6.